The molecule has 1 unspecified atom stereocenters. The van der Waals surface area contributed by atoms with E-state index in [2.05, 4.69) is 20.6 Å². The molecule has 2 heterocycles. The van der Waals surface area contributed by atoms with Crippen LogP contribution in [0.3, 0.4) is 0 Å². The Morgan fingerprint density at radius 1 is 1.04 bits per heavy atom. The van der Waals surface area contributed by atoms with Gasteiger partial charge in [0.2, 0.25) is 5.78 Å². The van der Waals surface area contributed by atoms with Crippen LogP contribution in [0.2, 0.25) is 0 Å². The summed E-state index contributed by atoms with van der Waals surface area (Å²) in [5, 5.41) is 14.1. The summed E-state index contributed by atoms with van der Waals surface area (Å²) in [6, 6.07) is 11.0. The number of Topliss-reactive ketones (excluding diaryl/α,β-unsaturated/α-hetero) is 1. The molecule has 27 heavy (non-hydrogen) atoms. The second kappa shape index (κ2) is 8.00. The maximum Gasteiger partial charge on any atom is 0.287 e. The van der Waals surface area contributed by atoms with Crippen LogP contribution in [-0.2, 0) is 16.0 Å². The van der Waals surface area contributed by atoms with Gasteiger partial charge in [0.25, 0.3) is 11.8 Å². The van der Waals surface area contributed by atoms with E-state index in [0.29, 0.717) is 5.69 Å². The minimum Gasteiger partial charge on any atom is -0.363 e. The first-order valence-electron chi connectivity index (χ1n) is 8.06. The smallest absolute Gasteiger partial charge is 0.287 e. The van der Waals surface area contributed by atoms with E-state index in [-0.39, 0.29) is 12.1 Å². The van der Waals surface area contributed by atoms with Gasteiger partial charge in [-0.05, 0) is 17.7 Å². The van der Waals surface area contributed by atoms with E-state index in [9.17, 15) is 14.4 Å². The quantitative estimate of drug-likeness (QED) is 0.570. The molecule has 0 radical (unpaired) electrons. The lowest BCUT2D eigenvalue weighted by atomic mass is 10.0. The van der Waals surface area contributed by atoms with Crippen molar-refractivity contribution in [1.82, 2.24) is 25.3 Å². The monoisotopic (exact) mass is 364 g/mol. The molecule has 1 atom stereocenters. The van der Waals surface area contributed by atoms with Crippen molar-refractivity contribution < 1.29 is 14.4 Å². The SMILES string of the molecule is NC(=O)C(=O)C(Cc1ccccc1)NC(=O)c1ccnn1-c1ccnnc1. The van der Waals surface area contributed by atoms with Crippen molar-refractivity contribution in [2.45, 2.75) is 12.5 Å². The first-order valence-corrected chi connectivity index (χ1v) is 8.06. The highest BCUT2D eigenvalue weighted by Crippen LogP contribution is 2.10. The van der Waals surface area contributed by atoms with Gasteiger partial charge in [-0.3, -0.25) is 14.4 Å². The van der Waals surface area contributed by atoms with Crippen molar-refractivity contribution in [3.05, 3.63) is 72.3 Å². The molecule has 2 amide bonds. The highest BCUT2D eigenvalue weighted by atomic mass is 16.2. The number of carbonyl (C=O) groups excluding carboxylic acids is 3. The number of carbonyl (C=O) groups is 3. The Morgan fingerprint density at radius 3 is 2.48 bits per heavy atom. The molecule has 0 aliphatic carbocycles. The van der Waals surface area contributed by atoms with Crippen molar-refractivity contribution in [3.63, 3.8) is 0 Å². The lowest BCUT2D eigenvalue weighted by Crippen LogP contribution is -2.47. The van der Waals surface area contributed by atoms with Gasteiger partial charge in [0, 0.05) is 6.42 Å². The molecule has 3 N–H and O–H groups in total. The summed E-state index contributed by atoms with van der Waals surface area (Å²) in [6.07, 6.45) is 4.49. The second-order valence-corrected chi connectivity index (χ2v) is 5.67. The van der Waals surface area contributed by atoms with Gasteiger partial charge in [0.1, 0.15) is 11.7 Å². The highest BCUT2D eigenvalue weighted by Gasteiger charge is 2.27. The predicted molar refractivity (Wildman–Crippen MR) is 94.8 cm³/mol. The number of aromatic nitrogens is 4. The third-order valence-corrected chi connectivity index (χ3v) is 3.84. The maximum absolute atomic E-state index is 12.7. The number of hydrogen-bond donors (Lipinski definition) is 2. The minimum atomic E-state index is -1.11. The molecule has 0 aliphatic rings. The number of nitrogens with zero attached hydrogens (tertiary/aromatic N) is 4. The summed E-state index contributed by atoms with van der Waals surface area (Å²) in [6.45, 7) is 0. The fourth-order valence-electron chi connectivity index (χ4n) is 2.55. The number of nitrogens with one attached hydrogen (secondary N) is 1. The lowest BCUT2D eigenvalue weighted by Gasteiger charge is -2.17. The van der Waals surface area contributed by atoms with Crippen molar-refractivity contribution in [2.24, 2.45) is 5.73 Å². The maximum atomic E-state index is 12.7. The lowest BCUT2D eigenvalue weighted by molar-refractivity contribution is -0.137. The number of ketones is 1. The van der Waals surface area contributed by atoms with E-state index in [1.165, 1.54) is 29.3 Å². The summed E-state index contributed by atoms with van der Waals surface area (Å²) in [7, 11) is 0. The molecule has 3 rings (SSSR count). The summed E-state index contributed by atoms with van der Waals surface area (Å²) < 4.78 is 1.36. The van der Waals surface area contributed by atoms with E-state index in [0.717, 1.165) is 5.56 Å². The van der Waals surface area contributed by atoms with Crippen LogP contribution in [0.15, 0.2) is 61.1 Å². The Labute approximate surface area is 154 Å². The van der Waals surface area contributed by atoms with Gasteiger partial charge in [-0.25, -0.2) is 4.68 Å². The van der Waals surface area contributed by atoms with Crippen LogP contribution in [0.5, 0.6) is 0 Å². The fraction of sp³-hybridized carbons (Fsp3) is 0.111. The van der Waals surface area contributed by atoms with Gasteiger partial charge >= 0.3 is 0 Å². The number of primary amides is 1. The Morgan fingerprint density at radius 2 is 1.81 bits per heavy atom. The first-order chi connectivity index (χ1) is 13.1. The van der Waals surface area contributed by atoms with Crippen LogP contribution in [0.1, 0.15) is 16.1 Å². The van der Waals surface area contributed by atoms with Gasteiger partial charge in [-0.2, -0.15) is 15.3 Å². The normalized spacial score (nSPS) is 11.6. The molecule has 1 aromatic carbocycles. The van der Waals surface area contributed by atoms with Crippen LogP contribution in [0.25, 0.3) is 5.69 Å². The van der Waals surface area contributed by atoms with Crippen molar-refractivity contribution >= 4 is 17.6 Å². The van der Waals surface area contributed by atoms with Gasteiger partial charge in [0.05, 0.1) is 24.3 Å². The number of amides is 2. The summed E-state index contributed by atoms with van der Waals surface area (Å²) in [5.41, 5.74) is 6.62. The zero-order valence-corrected chi connectivity index (χ0v) is 14.1. The van der Waals surface area contributed by atoms with E-state index >= 15 is 0 Å². The molecule has 0 aliphatic heterocycles. The topological polar surface area (TPSA) is 133 Å². The van der Waals surface area contributed by atoms with Gasteiger partial charge < -0.3 is 11.1 Å². The average molecular weight is 364 g/mol. The standard InChI is InChI=1S/C18H16N6O3/c19-17(26)16(25)14(10-12-4-2-1-3-5-12)23-18(27)15-7-9-22-24(15)13-6-8-20-21-11-13/h1-9,11,14H,10H2,(H2,19,26)(H,23,27). The van der Waals surface area contributed by atoms with E-state index in [1.807, 2.05) is 6.07 Å². The van der Waals surface area contributed by atoms with Crippen molar-refractivity contribution in [3.8, 4) is 5.69 Å². The van der Waals surface area contributed by atoms with Crippen molar-refractivity contribution in [2.75, 3.05) is 0 Å². The molecule has 136 valence electrons. The van der Waals surface area contributed by atoms with Crippen LogP contribution < -0.4 is 11.1 Å². The Bertz CT molecular complexity index is 955. The fourth-order valence-corrected chi connectivity index (χ4v) is 2.55. The summed E-state index contributed by atoms with van der Waals surface area (Å²) in [5.74, 6) is -2.55. The first kappa shape index (κ1) is 17.9. The minimum absolute atomic E-state index is 0.138. The summed E-state index contributed by atoms with van der Waals surface area (Å²) in [4.78, 5) is 36.3. The van der Waals surface area contributed by atoms with Crippen molar-refractivity contribution in [1.29, 1.82) is 0 Å². The average Bonchev–Trinajstić information content (AvgIpc) is 3.18. The number of rotatable bonds is 7. The zero-order chi connectivity index (χ0) is 19.2. The molecule has 0 saturated heterocycles. The van der Waals surface area contributed by atoms with Crippen LogP contribution in [-0.4, -0.2) is 43.6 Å². The largest absolute Gasteiger partial charge is 0.363 e. The third-order valence-electron chi connectivity index (χ3n) is 3.84. The zero-order valence-electron chi connectivity index (χ0n) is 14.1. The molecule has 0 saturated carbocycles. The van der Waals surface area contributed by atoms with Crippen LogP contribution in [0.4, 0.5) is 0 Å². The molecule has 0 spiro atoms. The highest BCUT2D eigenvalue weighted by molar-refractivity contribution is 6.38. The number of nitrogens with two attached hydrogens (primary N) is 1. The molecule has 0 fully saturated rings. The van der Waals surface area contributed by atoms with Gasteiger partial charge in [-0.1, -0.05) is 30.3 Å². The number of benzene rings is 1. The van der Waals surface area contributed by atoms with Gasteiger partial charge in [-0.15, -0.1) is 0 Å². The molecule has 2 aromatic heterocycles. The third kappa shape index (κ3) is 4.21. The molecular formula is C18H16N6O3. The number of hydrogen-bond acceptors (Lipinski definition) is 6. The summed E-state index contributed by atoms with van der Waals surface area (Å²) >= 11 is 0. The molecule has 9 heteroatoms. The molecule has 3 aromatic rings. The molecular weight excluding hydrogens is 348 g/mol. The Balaban J connectivity index is 1.84. The van der Waals surface area contributed by atoms with E-state index in [4.69, 9.17) is 5.73 Å². The Kier molecular flexibility index (Phi) is 5.31. The van der Waals surface area contributed by atoms with Gasteiger partial charge in [0.15, 0.2) is 0 Å². The molecule has 0 bridgehead atoms. The van der Waals surface area contributed by atoms with Crippen LogP contribution >= 0.6 is 0 Å². The van der Waals surface area contributed by atoms with E-state index in [1.54, 1.807) is 30.3 Å². The Hall–Kier alpha value is -3.88. The predicted octanol–water partition coefficient (Wildman–Crippen LogP) is 0.0578. The molecule has 9 nitrogen and oxygen atoms in total. The van der Waals surface area contributed by atoms with Crippen LogP contribution in [0, 0.1) is 0 Å². The second-order valence-electron chi connectivity index (χ2n) is 5.67. The van der Waals surface area contributed by atoms with E-state index < -0.39 is 23.6 Å².